The number of benzene rings is 1. The Bertz CT molecular complexity index is 379. The first-order valence-electron chi connectivity index (χ1n) is 6.95. The number of methoxy groups -OCH3 is 1. The molecular formula is C16H27NOS. The molecule has 3 heteroatoms. The minimum absolute atomic E-state index is 0.0536. The van der Waals surface area contributed by atoms with Gasteiger partial charge in [0.1, 0.15) is 0 Å². The summed E-state index contributed by atoms with van der Waals surface area (Å²) < 4.78 is 5.53. The molecule has 0 aliphatic rings. The van der Waals surface area contributed by atoms with Crippen molar-refractivity contribution in [2.45, 2.75) is 50.2 Å². The van der Waals surface area contributed by atoms with Crippen molar-refractivity contribution in [3.05, 3.63) is 29.8 Å². The molecule has 1 N–H and O–H groups in total. The van der Waals surface area contributed by atoms with Crippen molar-refractivity contribution < 1.29 is 4.74 Å². The molecule has 19 heavy (non-hydrogen) atoms. The average molecular weight is 281 g/mol. The topological polar surface area (TPSA) is 21.3 Å². The van der Waals surface area contributed by atoms with Crippen molar-refractivity contribution in [2.24, 2.45) is 0 Å². The third kappa shape index (κ3) is 5.17. The van der Waals surface area contributed by atoms with Crippen molar-refractivity contribution in [1.82, 2.24) is 5.32 Å². The van der Waals surface area contributed by atoms with Gasteiger partial charge in [-0.1, -0.05) is 25.1 Å². The fourth-order valence-corrected chi connectivity index (χ4v) is 2.82. The highest BCUT2D eigenvalue weighted by molar-refractivity contribution is 7.98. The molecule has 0 saturated carbocycles. The Morgan fingerprint density at radius 1 is 1.32 bits per heavy atom. The Labute approximate surface area is 122 Å². The average Bonchev–Trinajstić information content (AvgIpc) is 2.43. The normalized spacial score (nSPS) is 13.5. The van der Waals surface area contributed by atoms with Gasteiger partial charge < -0.3 is 10.1 Å². The van der Waals surface area contributed by atoms with Crippen molar-refractivity contribution in [2.75, 3.05) is 19.9 Å². The van der Waals surface area contributed by atoms with E-state index in [0.717, 1.165) is 19.4 Å². The highest BCUT2D eigenvalue weighted by Crippen LogP contribution is 2.30. The number of rotatable bonds is 8. The monoisotopic (exact) mass is 281 g/mol. The summed E-state index contributed by atoms with van der Waals surface area (Å²) in [5.74, 6) is 0. The van der Waals surface area contributed by atoms with Crippen LogP contribution in [0.2, 0.25) is 0 Å². The Kier molecular flexibility index (Phi) is 6.90. The van der Waals surface area contributed by atoms with E-state index in [1.165, 1.54) is 10.5 Å². The maximum absolute atomic E-state index is 5.53. The van der Waals surface area contributed by atoms with E-state index in [2.05, 4.69) is 56.6 Å². The maximum atomic E-state index is 5.53. The second kappa shape index (κ2) is 7.93. The number of thioether (sulfide) groups is 1. The van der Waals surface area contributed by atoms with Gasteiger partial charge in [-0.2, -0.15) is 0 Å². The molecule has 1 aromatic carbocycles. The van der Waals surface area contributed by atoms with Gasteiger partial charge >= 0.3 is 0 Å². The molecule has 0 spiro atoms. The number of nitrogens with one attached hydrogen (secondary N) is 1. The van der Waals surface area contributed by atoms with Gasteiger partial charge in [-0.25, -0.2) is 0 Å². The summed E-state index contributed by atoms with van der Waals surface area (Å²) in [7, 11) is 1.79. The molecule has 0 heterocycles. The van der Waals surface area contributed by atoms with Crippen LogP contribution in [-0.4, -0.2) is 25.5 Å². The minimum Gasteiger partial charge on any atom is -0.379 e. The summed E-state index contributed by atoms with van der Waals surface area (Å²) in [6, 6.07) is 9.08. The lowest BCUT2D eigenvalue weighted by Crippen LogP contribution is -2.27. The first-order chi connectivity index (χ1) is 9.04. The lowest BCUT2D eigenvalue weighted by molar-refractivity contribution is 0.0116. The molecule has 0 radical (unpaired) electrons. The fourth-order valence-electron chi connectivity index (χ4n) is 2.16. The fraction of sp³-hybridized carbons (Fsp3) is 0.625. The zero-order valence-corrected chi connectivity index (χ0v) is 13.6. The second-order valence-corrected chi connectivity index (χ2v) is 6.20. The van der Waals surface area contributed by atoms with Crippen LogP contribution in [0.25, 0.3) is 0 Å². The summed E-state index contributed by atoms with van der Waals surface area (Å²) in [5.41, 5.74) is 1.35. The van der Waals surface area contributed by atoms with Crippen LogP contribution < -0.4 is 5.32 Å². The number of ether oxygens (including phenoxy) is 1. The molecule has 1 unspecified atom stereocenters. The van der Waals surface area contributed by atoms with Crippen molar-refractivity contribution in [3.8, 4) is 0 Å². The molecule has 0 saturated heterocycles. The van der Waals surface area contributed by atoms with E-state index in [-0.39, 0.29) is 5.60 Å². The van der Waals surface area contributed by atoms with Gasteiger partial charge in [0, 0.05) is 18.0 Å². The van der Waals surface area contributed by atoms with Crippen LogP contribution in [0.1, 0.15) is 45.2 Å². The molecule has 1 aromatic rings. The van der Waals surface area contributed by atoms with Gasteiger partial charge in [-0.3, -0.25) is 0 Å². The quantitative estimate of drug-likeness (QED) is 0.719. The minimum atomic E-state index is -0.0536. The Morgan fingerprint density at radius 3 is 2.58 bits per heavy atom. The van der Waals surface area contributed by atoms with Gasteiger partial charge in [0.2, 0.25) is 0 Å². The smallest absolute Gasteiger partial charge is 0.0623 e. The van der Waals surface area contributed by atoms with Crippen LogP contribution in [-0.2, 0) is 4.74 Å². The third-order valence-corrected chi connectivity index (χ3v) is 4.36. The van der Waals surface area contributed by atoms with Gasteiger partial charge in [0.25, 0.3) is 0 Å². The third-order valence-electron chi connectivity index (χ3n) is 3.55. The van der Waals surface area contributed by atoms with Gasteiger partial charge in [-0.15, -0.1) is 11.8 Å². The SMILES string of the molecule is CCNC(CCC(C)(C)OC)c1ccccc1SC. The van der Waals surface area contributed by atoms with Crippen LogP contribution in [0, 0.1) is 0 Å². The molecule has 0 fully saturated rings. The van der Waals surface area contributed by atoms with Crippen LogP contribution in [0.4, 0.5) is 0 Å². The molecule has 0 aliphatic carbocycles. The van der Waals surface area contributed by atoms with Crippen molar-refractivity contribution in [3.63, 3.8) is 0 Å². The first kappa shape index (κ1) is 16.5. The van der Waals surface area contributed by atoms with E-state index >= 15 is 0 Å². The summed E-state index contributed by atoms with van der Waals surface area (Å²) in [6.07, 6.45) is 4.27. The van der Waals surface area contributed by atoms with Gasteiger partial charge in [0.15, 0.2) is 0 Å². The van der Waals surface area contributed by atoms with Crippen LogP contribution in [0.3, 0.4) is 0 Å². The summed E-state index contributed by atoms with van der Waals surface area (Å²) in [4.78, 5) is 1.36. The van der Waals surface area contributed by atoms with Gasteiger partial charge in [-0.05, 0) is 51.1 Å². The van der Waals surface area contributed by atoms with E-state index in [4.69, 9.17) is 4.74 Å². The van der Waals surface area contributed by atoms with E-state index in [1.807, 2.05) is 11.8 Å². The molecule has 1 rings (SSSR count). The van der Waals surface area contributed by atoms with E-state index < -0.39 is 0 Å². The molecular weight excluding hydrogens is 254 g/mol. The van der Waals surface area contributed by atoms with Crippen molar-refractivity contribution in [1.29, 1.82) is 0 Å². The second-order valence-electron chi connectivity index (χ2n) is 5.35. The Balaban J connectivity index is 2.82. The van der Waals surface area contributed by atoms with Crippen LogP contribution in [0.5, 0.6) is 0 Å². The van der Waals surface area contributed by atoms with Gasteiger partial charge in [0.05, 0.1) is 5.60 Å². The Morgan fingerprint density at radius 2 is 2.00 bits per heavy atom. The predicted molar refractivity (Wildman–Crippen MR) is 85.0 cm³/mol. The largest absolute Gasteiger partial charge is 0.379 e. The number of hydrogen-bond acceptors (Lipinski definition) is 3. The maximum Gasteiger partial charge on any atom is 0.0623 e. The van der Waals surface area contributed by atoms with E-state index in [0.29, 0.717) is 6.04 Å². The van der Waals surface area contributed by atoms with Crippen LogP contribution >= 0.6 is 11.8 Å². The molecule has 1 atom stereocenters. The molecule has 0 aliphatic heterocycles. The van der Waals surface area contributed by atoms with Crippen molar-refractivity contribution >= 4 is 11.8 Å². The van der Waals surface area contributed by atoms with E-state index in [9.17, 15) is 0 Å². The number of hydrogen-bond donors (Lipinski definition) is 1. The standard InChI is InChI=1S/C16H27NOS/c1-6-17-14(11-12-16(2,3)18-4)13-9-7-8-10-15(13)19-5/h7-10,14,17H,6,11-12H2,1-5H3. The molecule has 0 bridgehead atoms. The summed E-state index contributed by atoms with van der Waals surface area (Å²) in [5, 5.41) is 3.60. The van der Waals surface area contributed by atoms with Crippen LogP contribution in [0.15, 0.2) is 29.2 Å². The van der Waals surface area contributed by atoms with E-state index in [1.54, 1.807) is 7.11 Å². The molecule has 0 aromatic heterocycles. The molecule has 0 amide bonds. The lowest BCUT2D eigenvalue weighted by atomic mass is 9.95. The first-order valence-corrected chi connectivity index (χ1v) is 8.18. The zero-order valence-electron chi connectivity index (χ0n) is 12.8. The highest BCUT2D eigenvalue weighted by Gasteiger charge is 2.21. The lowest BCUT2D eigenvalue weighted by Gasteiger charge is -2.27. The summed E-state index contributed by atoms with van der Waals surface area (Å²) >= 11 is 1.82. The Hall–Kier alpha value is -0.510. The predicted octanol–water partition coefficient (Wildman–Crippen LogP) is 4.26. The summed E-state index contributed by atoms with van der Waals surface area (Å²) in [6.45, 7) is 7.45. The zero-order chi connectivity index (χ0) is 14.3. The molecule has 2 nitrogen and oxygen atoms in total. The highest BCUT2D eigenvalue weighted by atomic mass is 32.2. The molecule has 108 valence electrons.